The molecule has 1 aromatic carbocycles. The Bertz CT molecular complexity index is 577. The molecule has 22 heavy (non-hydrogen) atoms. The van der Waals surface area contributed by atoms with E-state index in [2.05, 4.69) is 68.9 Å². The number of hydrogen-bond donors (Lipinski definition) is 0. The monoisotopic (exact) mass is 296 g/mol. The third-order valence-electron chi connectivity index (χ3n) is 3.70. The molecule has 2 rings (SSSR count). The summed E-state index contributed by atoms with van der Waals surface area (Å²) >= 11 is 0. The van der Waals surface area contributed by atoms with Crippen LogP contribution in [-0.4, -0.2) is 9.97 Å². The standard InChI is InChI=1S/C20H28N2/c1-19(2,3)13-16-7-9-17(10-8-16)14-20(4,5)15-18-21-11-6-12-22-18/h6-12H,13-15H2,1-5H3. The molecule has 0 aliphatic heterocycles. The average Bonchev–Trinajstić information content (AvgIpc) is 2.39. The largest absolute Gasteiger partial charge is 0.241 e. The molecule has 0 bridgehead atoms. The Hall–Kier alpha value is -1.70. The third kappa shape index (κ3) is 5.59. The molecular weight excluding hydrogens is 268 g/mol. The molecule has 0 spiro atoms. The summed E-state index contributed by atoms with van der Waals surface area (Å²) in [4.78, 5) is 8.70. The lowest BCUT2D eigenvalue weighted by Gasteiger charge is -2.24. The van der Waals surface area contributed by atoms with Crippen LogP contribution in [0.3, 0.4) is 0 Å². The summed E-state index contributed by atoms with van der Waals surface area (Å²) in [6, 6.07) is 11.0. The zero-order chi connectivity index (χ0) is 16.2. The molecule has 2 aromatic rings. The van der Waals surface area contributed by atoms with Gasteiger partial charge in [0.2, 0.25) is 0 Å². The van der Waals surface area contributed by atoms with Crippen molar-refractivity contribution in [3.8, 4) is 0 Å². The molecule has 2 heteroatoms. The topological polar surface area (TPSA) is 25.8 Å². The van der Waals surface area contributed by atoms with E-state index in [1.807, 2.05) is 18.5 Å². The average molecular weight is 296 g/mol. The fourth-order valence-electron chi connectivity index (χ4n) is 2.85. The van der Waals surface area contributed by atoms with Crippen molar-refractivity contribution in [2.75, 3.05) is 0 Å². The maximum atomic E-state index is 4.35. The Morgan fingerprint density at radius 1 is 0.727 bits per heavy atom. The molecule has 2 nitrogen and oxygen atoms in total. The highest BCUT2D eigenvalue weighted by atomic mass is 14.9. The molecule has 0 aliphatic rings. The maximum absolute atomic E-state index is 4.35. The van der Waals surface area contributed by atoms with Crippen molar-refractivity contribution in [2.24, 2.45) is 10.8 Å². The molecule has 1 aromatic heterocycles. The predicted molar refractivity (Wildman–Crippen MR) is 92.8 cm³/mol. The first-order chi connectivity index (χ1) is 10.2. The number of benzene rings is 1. The Balaban J connectivity index is 2.00. The van der Waals surface area contributed by atoms with E-state index >= 15 is 0 Å². The van der Waals surface area contributed by atoms with Gasteiger partial charge in [-0.25, -0.2) is 9.97 Å². The maximum Gasteiger partial charge on any atom is 0.128 e. The molecule has 0 saturated heterocycles. The number of rotatable bonds is 5. The van der Waals surface area contributed by atoms with E-state index < -0.39 is 0 Å². The van der Waals surface area contributed by atoms with Gasteiger partial charge in [-0.3, -0.25) is 0 Å². The SMILES string of the molecule is CC(C)(C)Cc1ccc(CC(C)(C)Cc2ncccn2)cc1. The zero-order valence-corrected chi connectivity index (χ0v) is 14.6. The highest BCUT2D eigenvalue weighted by molar-refractivity contribution is 5.24. The van der Waals surface area contributed by atoms with E-state index in [1.54, 1.807) is 0 Å². The summed E-state index contributed by atoms with van der Waals surface area (Å²) in [5.41, 5.74) is 3.30. The fourth-order valence-corrected chi connectivity index (χ4v) is 2.85. The van der Waals surface area contributed by atoms with E-state index in [0.29, 0.717) is 5.41 Å². The van der Waals surface area contributed by atoms with Crippen LogP contribution in [0.25, 0.3) is 0 Å². The summed E-state index contributed by atoms with van der Waals surface area (Å²) < 4.78 is 0. The minimum atomic E-state index is 0.160. The number of aromatic nitrogens is 2. The molecule has 0 fully saturated rings. The second kappa shape index (κ2) is 6.60. The molecule has 0 atom stereocenters. The smallest absolute Gasteiger partial charge is 0.128 e. The van der Waals surface area contributed by atoms with Crippen LogP contribution in [0.2, 0.25) is 0 Å². The molecule has 0 N–H and O–H groups in total. The zero-order valence-electron chi connectivity index (χ0n) is 14.6. The minimum Gasteiger partial charge on any atom is -0.241 e. The van der Waals surface area contributed by atoms with Gasteiger partial charge < -0.3 is 0 Å². The number of nitrogens with zero attached hydrogens (tertiary/aromatic N) is 2. The van der Waals surface area contributed by atoms with Crippen LogP contribution < -0.4 is 0 Å². The van der Waals surface area contributed by atoms with Gasteiger partial charge in [-0.15, -0.1) is 0 Å². The normalized spacial score (nSPS) is 12.4. The van der Waals surface area contributed by atoms with E-state index in [-0.39, 0.29) is 5.41 Å². The van der Waals surface area contributed by atoms with E-state index in [9.17, 15) is 0 Å². The van der Waals surface area contributed by atoms with Gasteiger partial charge in [-0.05, 0) is 40.9 Å². The van der Waals surface area contributed by atoms with E-state index in [4.69, 9.17) is 0 Å². The van der Waals surface area contributed by atoms with Crippen molar-refractivity contribution in [3.05, 3.63) is 59.7 Å². The van der Waals surface area contributed by atoms with E-state index in [0.717, 1.165) is 25.1 Å². The molecule has 1 heterocycles. The van der Waals surface area contributed by atoms with Crippen LogP contribution in [0.5, 0.6) is 0 Å². The molecule has 0 radical (unpaired) electrons. The highest BCUT2D eigenvalue weighted by Gasteiger charge is 2.20. The van der Waals surface area contributed by atoms with Gasteiger partial charge in [0, 0.05) is 18.8 Å². The Kier molecular flexibility index (Phi) is 5.00. The lowest BCUT2D eigenvalue weighted by atomic mass is 9.81. The van der Waals surface area contributed by atoms with Crippen molar-refractivity contribution >= 4 is 0 Å². The summed E-state index contributed by atoms with van der Waals surface area (Å²) in [5, 5.41) is 0. The summed E-state index contributed by atoms with van der Waals surface area (Å²) in [7, 11) is 0. The van der Waals surface area contributed by atoms with Crippen molar-refractivity contribution in [1.29, 1.82) is 0 Å². The van der Waals surface area contributed by atoms with Gasteiger partial charge in [0.15, 0.2) is 0 Å². The van der Waals surface area contributed by atoms with Crippen molar-refractivity contribution < 1.29 is 0 Å². The minimum absolute atomic E-state index is 0.160. The summed E-state index contributed by atoms with van der Waals surface area (Å²) in [6.45, 7) is 11.4. The Morgan fingerprint density at radius 3 is 1.73 bits per heavy atom. The Morgan fingerprint density at radius 2 is 1.23 bits per heavy atom. The second-order valence-corrected chi connectivity index (χ2v) is 8.24. The molecule has 118 valence electrons. The van der Waals surface area contributed by atoms with Crippen LogP contribution in [0, 0.1) is 10.8 Å². The van der Waals surface area contributed by atoms with Gasteiger partial charge in [-0.1, -0.05) is 58.9 Å². The summed E-state index contributed by atoms with van der Waals surface area (Å²) in [6.07, 6.45) is 6.70. The predicted octanol–water partition coefficient (Wildman–Crippen LogP) is 4.88. The highest BCUT2D eigenvalue weighted by Crippen LogP contribution is 2.26. The molecular formula is C20H28N2. The number of hydrogen-bond acceptors (Lipinski definition) is 2. The molecule has 0 aliphatic carbocycles. The van der Waals surface area contributed by atoms with Crippen molar-refractivity contribution in [2.45, 2.75) is 53.9 Å². The third-order valence-corrected chi connectivity index (χ3v) is 3.70. The Labute approximate surface area is 135 Å². The van der Waals surface area contributed by atoms with Gasteiger partial charge in [0.05, 0.1) is 0 Å². The van der Waals surface area contributed by atoms with E-state index in [1.165, 1.54) is 11.1 Å². The van der Waals surface area contributed by atoms with Crippen LogP contribution in [0.4, 0.5) is 0 Å². The second-order valence-electron chi connectivity index (χ2n) is 8.24. The van der Waals surface area contributed by atoms with Gasteiger partial charge in [0.1, 0.15) is 5.82 Å². The molecule has 0 unspecified atom stereocenters. The quantitative estimate of drug-likeness (QED) is 0.786. The van der Waals surface area contributed by atoms with Gasteiger partial charge in [-0.2, -0.15) is 0 Å². The van der Waals surface area contributed by atoms with Crippen LogP contribution in [0.1, 0.15) is 51.6 Å². The summed E-state index contributed by atoms with van der Waals surface area (Å²) in [5.74, 6) is 0.928. The lowest BCUT2D eigenvalue weighted by Crippen LogP contribution is -2.20. The van der Waals surface area contributed by atoms with Gasteiger partial charge >= 0.3 is 0 Å². The lowest BCUT2D eigenvalue weighted by molar-refractivity contribution is 0.352. The first kappa shape index (κ1) is 16.7. The first-order valence-corrected chi connectivity index (χ1v) is 8.07. The van der Waals surface area contributed by atoms with Crippen LogP contribution in [0.15, 0.2) is 42.7 Å². The van der Waals surface area contributed by atoms with Crippen LogP contribution >= 0.6 is 0 Å². The first-order valence-electron chi connectivity index (χ1n) is 8.07. The fraction of sp³-hybridized carbons (Fsp3) is 0.500. The van der Waals surface area contributed by atoms with Crippen LogP contribution in [-0.2, 0) is 19.3 Å². The van der Waals surface area contributed by atoms with Gasteiger partial charge in [0.25, 0.3) is 0 Å². The molecule has 0 amide bonds. The molecule has 0 saturated carbocycles. The van der Waals surface area contributed by atoms with Crippen molar-refractivity contribution in [1.82, 2.24) is 9.97 Å². The van der Waals surface area contributed by atoms with Crippen molar-refractivity contribution in [3.63, 3.8) is 0 Å².